The van der Waals surface area contributed by atoms with Gasteiger partial charge in [0.25, 0.3) is 0 Å². The summed E-state index contributed by atoms with van der Waals surface area (Å²) in [6, 6.07) is 13.9. The molecule has 2 aromatic carbocycles. The van der Waals surface area contributed by atoms with Crippen molar-refractivity contribution in [3.8, 4) is 11.1 Å². The number of aliphatic hydroxyl groups is 2. The highest BCUT2D eigenvalue weighted by Gasteiger charge is 2.29. The molecule has 1 aliphatic heterocycles. The van der Waals surface area contributed by atoms with Crippen LogP contribution in [0.2, 0.25) is 0 Å². The number of hydrogen-bond acceptors (Lipinski definition) is 5. The minimum absolute atomic E-state index is 0.126. The van der Waals surface area contributed by atoms with E-state index in [1.165, 1.54) is 19.1 Å². The van der Waals surface area contributed by atoms with Crippen LogP contribution in [0.3, 0.4) is 0 Å². The van der Waals surface area contributed by atoms with Gasteiger partial charge in [0.1, 0.15) is 11.5 Å². The summed E-state index contributed by atoms with van der Waals surface area (Å²) in [6.07, 6.45) is 0.643. The fraction of sp³-hybridized carbons (Fsp3) is 0.304. The number of ketones is 1. The molecule has 0 unspecified atom stereocenters. The van der Waals surface area contributed by atoms with E-state index >= 15 is 0 Å². The molecule has 29 heavy (non-hydrogen) atoms. The Morgan fingerprint density at radius 3 is 2.45 bits per heavy atom. The van der Waals surface area contributed by atoms with Gasteiger partial charge in [0.2, 0.25) is 0 Å². The number of pyridine rings is 1. The SMILES string of the molecule is CC(=O)c1cc(-c2ccc(F)cc2)c2ccc(CN3CCC(O)(O)CC3)cc2n1. The summed E-state index contributed by atoms with van der Waals surface area (Å²) in [6.45, 7) is 3.36. The van der Waals surface area contributed by atoms with Gasteiger partial charge in [0, 0.05) is 44.8 Å². The number of rotatable bonds is 4. The van der Waals surface area contributed by atoms with Crippen molar-refractivity contribution >= 4 is 16.7 Å². The number of halogens is 1. The maximum absolute atomic E-state index is 13.3. The zero-order valence-corrected chi connectivity index (χ0v) is 16.2. The molecule has 0 bridgehead atoms. The van der Waals surface area contributed by atoms with Crippen molar-refractivity contribution in [3.63, 3.8) is 0 Å². The minimum Gasteiger partial charge on any atom is -0.366 e. The van der Waals surface area contributed by atoms with Gasteiger partial charge in [-0.25, -0.2) is 9.37 Å². The topological polar surface area (TPSA) is 73.7 Å². The Bertz CT molecular complexity index is 1050. The van der Waals surface area contributed by atoms with Crippen LogP contribution in [0.1, 0.15) is 35.8 Å². The van der Waals surface area contributed by atoms with Crippen LogP contribution in [-0.2, 0) is 6.54 Å². The second kappa shape index (κ2) is 7.63. The van der Waals surface area contributed by atoms with E-state index in [0.29, 0.717) is 43.7 Å². The van der Waals surface area contributed by atoms with Crippen molar-refractivity contribution < 1.29 is 19.4 Å². The predicted octanol–water partition coefficient (Wildman–Crippen LogP) is 3.52. The van der Waals surface area contributed by atoms with Crippen LogP contribution in [-0.4, -0.2) is 44.8 Å². The van der Waals surface area contributed by atoms with E-state index in [9.17, 15) is 19.4 Å². The number of hydrogen-bond donors (Lipinski definition) is 2. The first-order valence-electron chi connectivity index (χ1n) is 9.68. The summed E-state index contributed by atoms with van der Waals surface area (Å²) < 4.78 is 13.3. The molecule has 0 saturated carbocycles. The Kier molecular flexibility index (Phi) is 5.17. The van der Waals surface area contributed by atoms with Crippen LogP contribution in [0.25, 0.3) is 22.0 Å². The molecule has 5 nitrogen and oxygen atoms in total. The Balaban J connectivity index is 1.70. The first-order valence-corrected chi connectivity index (χ1v) is 9.68. The summed E-state index contributed by atoms with van der Waals surface area (Å²) in [5.41, 5.74) is 3.80. The van der Waals surface area contributed by atoms with E-state index in [1.807, 2.05) is 18.2 Å². The van der Waals surface area contributed by atoms with E-state index in [-0.39, 0.29) is 11.6 Å². The lowest BCUT2D eigenvalue weighted by molar-refractivity contribution is -0.189. The number of piperidine rings is 1. The number of likely N-dealkylation sites (tertiary alicyclic amines) is 1. The molecule has 2 heterocycles. The van der Waals surface area contributed by atoms with Crippen molar-refractivity contribution in [1.82, 2.24) is 9.88 Å². The third-order valence-corrected chi connectivity index (χ3v) is 5.45. The maximum Gasteiger partial charge on any atom is 0.178 e. The molecule has 4 rings (SSSR count). The summed E-state index contributed by atoms with van der Waals surface area (Å²) in [5.74, 6) is -2.00. The van der Waals surface area contributed by atoms with E-state index in [0.717, 1.165) is 22.1 Å². The van der Waals surface area contributed by atoms with Crippen molar-refractivity contribution in [2.45, 2.75) is 32.1 Å². The summed E-state index contributed by atoms with van der Waals surface area (Å²) >= 11 is 0. The second-order valence-corrected chi connectivity index (χ2v) is 7.73. The van der Waals surface area contributed by atoms with E-state index in [1.54, 1.807) is 18.2 Å². The van der Waals surface area contributed by atoms with Gasteiger partial charge in [-0.2, -0.15) is 0 Å². The number of benzene rings is 2. The summed E-state index contributed by atoms with van der Waals surface area (Å²) in [4.78, 5) is 18.7. The molecule has 6 heteroatoms. The molecule has 3 aromatic rings. The standard InChI is InChI=1S/C23H23FN2O3/c1-15(27)21-13-20(17-3-5-18(24)6-4-17)19-7-2-16(12-22(19)25-21)14-26-10-8-23(28,29)9-11-26/h2-7,12-13,28-29H,8-11,14H2,1H3. The smallest absolute Gasteiger partial charge is 0.178 e. The van der Waals surface area contributed by atoms with E-state index in [2.05, 4.69) is 9.88 Å². The van der Waals surface area contributed by atoms with Crippen molar-refractivity contribution in [2.75, 3.05) is 13.1 Å². The molecular weight excluding hydrogens is 371 g/mol. The second-order valence-electron chi connectivity index (χ2n) is 7.73. The highest BCUT2D eigenvalue weighted by Crippen LogP contribution is 2.30. The molecule has 1 aliphatic rings. The lowest BCUT2D eigenvalue weighted by atomic mass is 9.98. The monoisotopic (exact) mass is 394 g/mol. The first kappa shape index (κ1) is 19.6. The molecule has 1 aromatic heterocycles. The Morgan fingerprint density at radius 2 is 1.79 bits per heavy atom. The molecular formula is C23H23FN2O3. The quantitative estimate of drug-likeness (QED) is 0.523. The average Bonchev–Trinajstić information content (AvgIpc) is 2.69. The third-order valence-electron chi connectivity index (χ3n) is 5.45. The van der Waals surface area contributed by atoms with Crippen LogP contribution in [0.5, 0.6) is 0 Å². The first-order chi connectivity index (χ1) is 13.8. The fourth-order valence-corrected chi connectivity index (χ4v) is 3.75. The zero-order valence-electron chi connectivity index (χ0n) is 16.2. The maximum atomic E-state index is 13.3. The van der Waals surface area contributed by atoms with Gasteiger partial charge < -0.3 is 10.2 Å². The summed E-state index contributed by atoms with van der Waals surface area (Å²) in [7, 11) is 0. The number of carbonyl (C=O) groups excluding carboxylic acids is 1. The number of fused-ring (bicyclic) bond motifs is 1. The fourth-order valence-electron chi connectivity index (χ4n) is 3.75. The van der Waals surface area contributed by atoms with Crippen LogP contribution in [0.15, 0.2) is 48.5 Å². The number of aromatic nitrogens is 1. The Hall–Kier alpha value is -2.67. The number of carbonyl (C=O) groups is 1. The van der Waals surface area contributed by atoms with Gasteiger partial charge in [-0.05, 0) is 41.0 Å². The lowest BCUT2D eigenvalue weighted by Crippen LogP contribution is -2.43. The molecule has 2 N–H and O–H groups in total. The highest BCUT2D eigenvalue weighted by molar-refractivity contribution is 6.01. The van der Waals surface area contributed by atoms with Gasteiger partial charge in [0.05, 0.1) is 5.52 Å². The molecule has 1 saturated heterocycles. The Labute approximate surface area is 168 Å². The summed E-state index contributed by atoms with van der Waals surface area (Å²) in [5, 5.41) is 20.3. The van der Waals surface area contributed by atoms with Crippen molar-refractivity contribution in [1.29, 1.82) is 0 Å². The largest absolute Gasteiger partial charge is 0.366 e. The van der Waals surface area contributed by atoms with Gasteiger partial charge in [-0.3, -0.25) is 9.69 Å². The average molecular weight is 394 g/mol. The molecule has 150 valence electrons. The highest BCUT2D eigenvalue weighted by atomic mass is 19.1. The predicted molar refractivity (Wildman–Crippen MR) is 109 cm³/mol. The lowest BCUT2D eigenvalue weighted by Gasteiger charge is -2.34. The zero-order chi connectivity index (χ0) is 20.6. The van der Waals surface area contributed by atoms with Gasteiger partial charge >= 0.3 is 0 Å². The van der Waals surface area contributed by atoms with E-state index in [4.69, 9.17) is 0 Å². The Morgan fingerprint density at radius 1 is 1.10 bits per heavy atom. The van der Waals surface area contributed by atoms with Gasteiger partial charge in [0.15, 0.2) is 11.6 Å². The molecule has 0 amide bonds. The van der Waals surface area contributed by atoms with E-state index < -0.39 is 5.79 Å². The normalized spacial score (nSPS) is 16.8. The number of nitrogens with zero attached hydrogens (tertiary/aromatic N) is 2. The minimum atomic E-state index is -1.57. The molecule has 0 radical (unpaired) electrons. The number of Topliss-reactive ketones (excluding diaryl/α,β-unsaturated/α-hetero) is 1. The van der Waals surface area contributed by atoms with Crippen LogP contribution in [0, 0.1) is 5.82 Å². The van der Waals surface area contributed by atoms with Crippen LogP contribution in [0.4, 0.5) is 4.39 Å². The van der Waals surface area contributed by atoms with Gasteiger partial charge in [-0.15, -0.1) is 0 Å². The molecule has 1 fully saturated rings. The molecule has 0 aliphatic carbocycles. The van der Waals surface area contributed by atoms with Crippen LogP contribution < -0.4 is 0 Å². The molecule has 0 spiro atoms. The van der Waals surface area contributed by atoms with Crippen molar-refractivity contribution in [2.24, 2.45) is 0 Å². The van der Waals surface area contributed by atoms with Crippen molar-refractivity contribution in [3.05, 3.63) is 65.6 Å². The van der Waals surface area contributed by atoms with Crippen LogP contribution >= 0.6 is 0 Å². The van der Waals surface area contributed by atoms with Gasteiger partial charge in [-0.1, -0.05) is 24.3 Å². The molecule has 0 atom stereocenters. The third kappa shape index (κ3) is 4.34.